The second-order valence-electron chi connectivity index (χ2n) is 10.6. The van der Waals surface area contributed by atoms with E-state index >= 15 is 0 Å². The van der Waals surface area contributed by atoms with Crippen LogP contribution < -0.4 is 9.64 Å². The van der Waals surface area contributed by atoms with Crippen molar-refractivity contribution in [2.24, 2.45) is 5.92 Å². The molecule has 8 nitrogen and oxygen atoms in total. The Kier molecular flexibility index (Phi) is 6.43. The number of aliphatic hydroxyl groups excluding tert-OH is 1. The van der Waals surface area contributed by atoms with E-state index in [4.69, 9.17) is 4.74 Å². The zero-order chi connectivity index (χ0) is 24.6. The van der Waals surface area contributed by atoms with E-state index in [1.54, 1.807) is 13.3 Å². The lowest BCUT2D eigenvalue weighted by atomic mass is 9.68. The average Bonchev–Trinajstić information content (AvgIpc) is 3.12. The van der Waals surface area contributed by atoms with Gasteiger partial charge in [0.2, 0.25) is 11.7 Å². The van der Waals surface area contributed by atoms with Crippen molar-refractivity contribution in [1.82, 2.24) is 19.8 Å². The van der Waals surface area contributed by atoms with E-state index in [0.29, 0.717) is 24.0 Å². The van der Waals surface area contributed by atoms with Gasteiger partial charge in [-0.3, -0.25) is 9.80 Å². The van der Waals surface area contributed by atoms with Gasteiger partial charge >= 0.3 is 0 Å². The Morgan fingerprint density at radius 1 is 1.17 bits per heavy atom. The predicted molar refractivity (Wildman–Crippen MR) is 134 cm³/mol. The van der Waals surface area contributed by atoms with Crippen molar-refractivity contribution in [3.63, 3.8) is 0 Å². The van der Waals surface area contributed by atoms with Crippen LogP contribution in [0.3, 0.4) is 0 Å². The Hall–Kier alpha value is -2.73. The summed E-state index contributed by atoms with van der Waals surface area (Å²) in [4.78, 5) is 15.1. The van der Waals surface area contributed by atoms with E-state index in [2.05, 4.69) is 64.2 Å². The maximum absolute atomic E-state index is 11.7. The zero-order valence-electron chi connectivity index (χ0n) is 21.0. The van der Waals surface area contributed by atoms with Crippen LogP contribution in [0.25, 0.3) is 0 Å². The Balaban J connectivity index is 1.47. The van der Waals surface area contributed by atoms with Gasteiger partial charge in [-0.25, -0.2) is 4.98 Å². The first kappa shape index (κ1) is 24.0. The second kappa shape index (κ2) is 9.38. The summed E-state index contributed by atoms with van der Waals surface area (Å²) in [5.74, 6) is 1.03. The van der Waals surface area contributed by atoms with Gasteiger partial charge in [0.05, 0.1) is 13.3 Å². The molecule has 2 aliphatic carbocycles. The molecule has 0 radical (unpaired) electrons. The second-order valence-corrected chi connectivity index (χ2v) is 10.6. The molecule has 1 N–H and O–H groups in total. The molecule has 2 heterocycles. The first-order chi connectivity index (χ1) is 16.9. The number of aliphatic hydroxyl groups is 1. The summed E-state index contributed by atoms with van der Waals surface area (Å²) in [5, 5.41) is 20.9. The van der Waals surface area contributed by atoms with Crippen molar-refractivity contribution in [2.45, 2.75) is 62.4 Å². The van der Waals surface area contributed by atoms with Crippen LogP contribution in [0.15, 0.2) is 36.5 Å². The number of methoxy groups -OCH3 is 1. The number of hydrogen-bond donors (Lipinski definition) is 1. The van der Waals surface area contributed by atoms with Gasteiger partial charge in [-0.2, -0.15) is 10.2 Å². The van der Waals surface area contributed by atoms with Gasteiger partial charge in [-0.1, -0.05) is 36.8 Å². The molecule has 0 amide bonds. The van der Waals surface area contributed by atoms with E-state index in [1.807, 2.05) is 11.0 Å². The molecule has 3 aliphatic rings. The molecular weight excluding hydrogens is 440 g/mol. The minimum Gasteiger partial charge on any atom is -0.479 e. The number of anilines is 1. The van der Waals surface area contributed by atoms with Gasteiger partial charge in [0.15, 0.2) is 6.35 Å². The fraction of sp³-hybridized carbons (Fsp3) is 0.593. The Labute approximate surface area is 208 Å². The number of hydrogen-bond acceptors (Lipinski definition) is 8. The summed E-state index contributed by atoms with van der Waals surface area (Å²) in [6.45, 7) is 1.59. The summed E-state index contributed by atoms with van der Waals surface area (Å²) < 4.78 is 5.52. The molecule has 1 unspecified atom stereocenters. The van der Waals surface area contributed by atoms with Crippen LogP contribution in [0.2, 0.25) is 0 Å². The number of rotatable bonds is 6. The molecule has 2 aromatic rings. The summed E-state index contributed by atoms with van der Waals surface area (Å²) >= 11 is 0. The van der Waals surface area contributed by atoms with E-state index in [0.717, 1.165) is 32.2 Å². The summed E-state index contributed by atoms with van der Waals surface area (Å²) in [6, 6.07) is 12.8. The molecule has 1 aromatic heterocycles. The lowest BCUT2D eigenvalue weighted by Crippen LogP contribution is -2.57. The molecule has 2 saturated carbocycles. The molecule has 1 atom stereocenters. The molecule has 3 fully saturated rings. The Bertz CT molecular complexity index is 1070. The number of aromatic nitrogens is 2. The van der Waals surface area contributed by atoms with Crippen molar-refractivity contribution in [1.29, 1.82) is 5.26 Å². The topological polar surface area (TPSA) is 88.8 Å². The van der Waals surface area contributed by atoms with Crippen LogP contribution in [0.4, 0.5) is 5.69 Å². The van der Waals surface area contributed by atoms with Gasteiger partial charge in [-0.15, -0.1) is 0 Å². The molecule has 0 bridgehead atoms. The summed E-state index contributed by atoms with van der Waals surface area (Å²) in [7, 11) is 5.92. The average molecular weight is 477 g/mol. The van der Waals surface area contributed by atoms with Gasteiger partial charge in [0.25, 0.3) is 0 Å². The largest absolute Gasteiger partial charge is 0.479 e. The summed E-state index contributed by atoms with van der Waals surface area (Å²) in [5.41, 5.74) is 1.86. The highest BCUT2D eigenvalue weighted by Crippen LogP contribution is 2.51. The van der Waals surface area contributed by atoms with Crippen molar-refractivity contribution in [3.05, 3.63) is 47.9 Å². The maximum Gasteiger partial charge on any atom is 0.241 e. The number of benzene rings is 1. The minimum absolute atomic E-state index is 0.0116. The van der Waals surface area contributed by atoms with Crippen LogP contribution in [-0.4, -0.2) is 71.1 Å². The number of nitrogens with zero attached hydrogens (tertiary/aromatic N) is 6. The van der Waals surface area contributed by atoms with Crippen LogP contribution in [-0.2, 0) is 5.54 Å². The molecule has 1 saturated heterocycles. The molecule has 186 valence electrons. The van der Waals surface area contributed by atoms with Crippen LogP contribution >= 0.6 is 0 Å². The Morgan fingerprint density at radius 3 is 2.46 bits per heavy atom. The van der Waals surface area contributed by atoms with Crippen LogP contribution in [0.1, 0.15) is 56.3 Å². The SMILES string of the molecule is COc1nc(C#N)ncc1N1C[C@]2(CC[C@](c3ccccc3)(N(C)C)CC2)N(CC2CCC2)C1O. The molecule has 1 spiro atoms. The van der Waals surface area contributed by atoms with Crippen LogP contribution in [0, 0.1) is 17.2 Å². The fourth-order valence-electron chi connectivity index (χ4n) is 6.43. The molecule has 1 aromatic carbocycles. The first-order valence-electron chi connectivity index (χ1n) is 12.7. The predicted octanol–water partition coefficient (Wildman–Crippen LogP) is 3.32. The summed E-state index contributed by atoms with van der Waals surface area (Å²) in [6.07, 6.45) is 8.59. The Morgan fingerprint density at radius 2 is 1.89 bits per heavy atom. The first-order valence-corrected chi connectivity index (χ1v) is 12.7. The monoisotopic (exact) mass is 476 g/mol. The lowest BCUT2D eigenvalue weighted by molar-refractivity contribution is -0.0661. The molecular formula is C27H36N6O2. The highest BCUT2D eigenvalue weighted by Gasteiger charge is 2.55. The lowest BCUT2D eigenvalue weighted by Gasteiger charge is -2.52. The van der Waals surface area contributed by atoms with Crippen LogP contribution in [0.5, 0.6) is 5.88 Å². The third kappa shape index (κ3) is 4.06. The molecule has 8 heteroatoms. The molecule has 35 heavy (non-hydrogen) atoms. The number of nitriles is 1. The molecule has 1 aliphatic heterocycles. The maximum atomic E-state index is 11.7. The van der Waals surface area contributed by atoms with Crippen molar-refractivity contribution in [3.8, 4) is 11.9 Å². The van der Waals surface area contributed by atoms with E-state index in [-0.39, 0.29) is 16.9 Å². The number of ether oxygens (including phenoxy) is 1. The zero-order valence-corrected chi connectivity index (χ0v) is 21.0. The van der Waals surface area contributed by atoms with Crippen molar-refractivity contribution >= 4 is 5.69 Å². The van der Waals surface area contributed by atoms with Crippen molar-refractivity contribution in [2.75, 3.05) is 39.2 Å². The smallest absolute Gasteiger partial charge is 0.241 e. The van der Waals surface area contributed by atoms with Gasteiger partial charge < -0.3 is 14.7 Å². The minimum atomic E-state index is -0.774. The van der Waals surface area contributed by atoms with Crippen molar-refractivity contribution < 1.29 is 9.84 Å². The molecule has 5 rings (SSSR count). The van der Waals surface area contributed by atoms with Gasteiger partial charge in [0, 0.05) is 24.2 Å². The van der Waals surface area contributed by atoms with Gasteiger partial charge in [0.1, 0.15) is 11.8 Å². The normalized spacial score (nSPS) is 29.4. The standard InChI is InChI=1S/C27H36N6O2/c1-31(2)27(21-10-5-4-6-11-21)14-12-26(13-15-27)19-32(25(34)33(26)18-20-8-7-9-20)22-17-29-23(16-28)30-24(22)35-3/h4-6,10-11,17,20,25,34H,7-9,12-15,18-19H2,1-3H3/t25?,26-,27+. The third-order valence-electron chi connectivity index (χ3n) is 8.82. The fourth-order valence-corrected chi connectivity index (χ4v) is 6.43. The van der Waals surface area contributed by atoms with E-state index in [9.17, 15) is 10.4 Å². The van der Waals surface area contributed by atoms with E-state index in [1.165, 1.54) is 24.8 Å². The van der Waals surface area contributed by atoms with Gasteiger partial charge in [-0.05, 0) is 64.1 Å². The highest BCUT2D eigenvalue weighted by molar-refractivity contribution is 5.56. The third-order valence-corrected chi connectivity index (χ3v) is 8.82. The quantitative estimate of drug-likeness (QED) is 0.679. The highest BCUT2D eigenvalue weighted by atomic mass is 16.5. The van der Waals surface area contributed by atoms with E-state index < -0.39 is 6.35 Å².